The maximum atomic E-state index is 12.0. The van der Waals surface area contributed by atoms with E-state index >= 15 is 0 Å². The monoisotopic (exact) mass is 275 g/mol. The van der Waals surface area contributed by atoms with Crippen LogP contribution in [0.3, 0.4) is 0 Å². The summed E-state index contributed by atoms with van der Waals surface area (Å²) >= 11 is 0. The highest BCUT2D eigenvalue weighted by atomic mass is 32.2. The number of nitrogens with zero attached hydrogens (tertiary/aromatic N) is 2. The number of nitrogens with two attached hydrogens (primary N) is 1. The fourth-order valence-corrected chi connectivity index (χ4v) is 4.67. The van der Waals surface area contributed by atoms with Gasteiger partial charge in [0.05, 0.1) is 18.1 Å². The van der Waals surface area contributed by atoms with Crippen LogP contribution in [0.1, 0.15) is 12.8 Å². The number of likely N-dealkylation sites (tertiary alicyclic amines) is 1. The second-order valence-electron chi connectivity index (χ2n) is 5.31. The first-order valence-electron chi connectivity index (χ1n) is 6.33. The maximum absolute atomic E-state index is 12.0. The lowest BCUT2D eigenvalue weighted by molar-refractivity contribution is -0.131. The Bertz CT molecular complexity index is 417. The van der Waals surface area contributed by atoms with E-state index in [2.05, 4.69) is 0 Å². The van der Waals surface area contributed by atoms with Crippen LogP contribution < -0.4 is 5.73 Å². The van der Waals surface area contributed by atoms with Gasteiger partial charge >= 0.3 is 0 Å². The zero-order valence-corrected chi connectivity index (χ0v) is 11.5. The fourth-order valence-electron chi connectivity index (χ4n) is 2.71. The average molecular weight is 275 g/mol. The van der Waals surface area contributed by atoms with E-state index < -0.39 is 9.84 Å². The lowest BCUT2D eigenvalue weighted by Gasteiger charge is -2.27. The number of sulfone groups is 1. The van der Waals surface area contributed by atoms with E-state index in [1.807, 2.05) is 4.90 Å². The molecule has 2 N–H and O–H groups in total. The molecule has 1 amide bonds. The first kappa shape index (κ1) is 13.8. The molecule has 2 aliphatic rings. The summed E-state index contributed by atoms with van der Waals surface area (Å²) in [5.41, 5.74) is 5.84. The molecule has 2 aliphatic heterocycles. The zero-order chi connectivity index (χ0) is 13.3. The minimum absolute atomic E-state index is 0.0277. The third kappa shape index (κ3) is 3.02. The van der Waals surface area contributed by atoms with Crippen LogP contribution in [0.15, 0.2) is 0 Å². The lowest BCUT2D eigenvalue weighted by atomic mass is 10.1. The fraction of sp³-hybridized carbons (Fsp3) is 0.909. The standard InChI is InChI=1S/C11H21N3O3S/c1-13(6-11(15)14-4-2-3-5-14)10-8-18(16,17)7-9(10)12/h9-10H,2-8,12H2,1H3. The molecule has 2 atom stereocenters. The van der Waals surface area contributed by atoms with Crippen LogP contribution in [0.2, 0.25) is 0 Å². The van der Waals surface area contributed by atoms with Crippen LogP contribution in [0.4, 0.5) is 0 Å². The SMILES string of the molecule is CN(CC(=O)N1CCCC1)C1CS(=O)(=O)CC1N. The Morgan fingerprint density at radius 1 is 1.33 bits per heavy atom. The summed E-state index contributed by atoms with van der Waals surface area (Å²) in [6, 6.07) is -0.618. The van der Waals surface area contributed by atoms with E-state index in [0.717, 1.165) is 25.9 Å². The summed E-state index contributed by atoms with van der Waals surface area (Å²) in [4.78, 5) is 15.6. The van der Waals surface area contributed by atoms with Crippen molar-refractivity contribution in [3.63, 3.8) is 0 Å². The number of rotatable bonds is 3. The topological polar surface area (TPSA) is 83.7 Å². The Morgan fingerprint density at radius 3 is 2.44 bits per heavy atom. The molecule has 0 aromatic heterocycles. The normalized spacial score (nSPS) is 31.2. The van der Waals surface area contributed by atoms with E-state index in [1.165, 1.54) is 0 Å². The van der Waals surface area contributed by atoms with Gasteiger partial charge in [0.2, 0.25) is 5.91 Å². The van der Waals surface area contributed by atoms with E-state index in [0.29, 0.717) is 0 Å². The quantitative estimate of drug-likeness (QED) is 0.689. The van der Waals surface area contributed by atoms with E-state index in [9.17, 15) is 13.2 Å². The molecule has 0 radical (unpaired) electrons. The summed E-state index contributed by atoms with van der Waals surface area (Å²) in [5.74, 6) is 0.171. The van der Waals surface area contributed by atoms with Crippen LogP contribution in [-0.2, 0) is 14.6 Å². The highest BCUT2D eigenvalue weighted by molar-refractivity contribution is 7.91. The molecule has 0 spiro atoms. The van der Waals surface area contributed by atoms with Crippen molar-refractivity contribution in [2.45, 2.75) is 24.9 Å². The molecule has 0 aromatic carbocycles. The molecule has 2 rings (SSSR count). The van der Waals surface area contributed by atoms with Gasteiger partial charge in [0, 0.05) is 25.2 Å². The number of hydrogen-bond acceptors (Lipinski definition) is 5. The van der Waals surface area contributed by atoms with Crippen molar-refractivity contribution in [2.24, 2.45) is 5.73 Å². The third-order valence-corrected chi connectivity index (χ3v) is 5.52. The minimum Gasteiger partial charge on any atom is -0.342 e. The molecule has 0 saturated carbocycles. The van der Waals surface area contributed by atoms with Crippen molar-refractivity contribution >= 4 is 15.7 Å². The Morgan fingerprint density at radius 2 is 1.94 bits per heavy atom. The maximum Gasteiger partial charge on any atom is 0.236 e. The van der Waals surface area contributed by atoms with Gasteiger partial charge in [-0.3, -0.25) is 9.69 Å². The van der Waals surface area contributed by atoms with Gasteiger partial charge in [-0.25, -0.2) is 8.42 Å². The van der Waals surface area contributed by atoms with Crippen LogP contribution in [0, 0.1) is 0 Å². The van der Waals surface area contributed by atoms with Crippen molar-refractivity contribution in [2.75, 3.05) is 38.2 Å². The predicted molar refractivity (Wildman–Crippen MR) is 68.9 cm³/mol. The molecular weight excluding hydrogens is 254 g/mol. The lowest BCUT2D eigenvalue weighted by Crippen LogP contribution is -2.49. The van der Waals surface area contributed by atoms with Crippen LogP contribution in [0.5, 0.6) is 0 Å². The van der Waals surface area contributed by atoms with Gasteiger partial charge in [0.1, 0.15) is 0 Å². The van der Waals surface area contributed by atoms with Crippen molar-refractivity contribution < 1.29 is 13.2 Å². The summed E-state index contributed by atoms with van der Waals surface area (Å²) < 4.78 is 23.0. The molecule has 0 aromatic rings. The van der Waals surface area contributed by atoms with E-state index in [4.69, 9.17) is 5.73 Å². The zero-order valence-electron chi connectivity index (χ0n) is 10.7. The van der Waals surface area contributed by atoms with Gasteiger partial charge in [-0.1, -0.05) is 0 Å². The summed E-state index contributed by atoms with van der Waals surface area (Å²) in [6.07, 6.45) is 2.12. The van der Waals surface area contributed by atoms with Crippen LogP contribution >= 0.6 is 0 Å². The highest BCUT2D eigenvalue weighted by Crippen LogP contribution is 2.16. The molecule has 104 valence electrons. The smallest absolute Gasteiger partial charge is 0.236 e. The van der Waals surface area contributed by atoms with Gasteiger partial charge in [0.25, 0.3) is 0 Å². The second kappa shape index (κ2) is 5.14. The number of likely N-dealkylation sites (N-methyl/N-ethyl adjacent to an activating group) is 1. The summed E-state index contributed by atoms with van der Waals surface area (Å²) in [5, 5.41) is 0. The first-order valence-corrected chi connectivity index (χ1v) is 8.15. The Kier molecular flexibility index (Phi) is 3.93. The van der Waals surface area contributed by atoms with Gasteiger partial charge in [-0.2, -0.15) is 0 Å². The molecule has 7 heteroatoms. The predicted octanol–water partition coefficient (Wildman–Crippen LogP) is -1.34. The van der Waals surface area contributed by atoms with Gasteiger partial charge in [0.15, 0.2) is 9.84 Å². The molecule has 0 aliphatic carbocycles. The molecule has 6 nitrogen and oxygen atoms in total. The summed E-state index contributed by atoms with van der Waals surface area (Å²) in [6.45, 7) is 1.90. The van der Waals surface area contributed by atoms with E-state index in [1.54, 1.807) is 11.9 Å². The molecule has 2 saturated heterocycles. The Balaban J connectivity index is 1.91. The molecule has 18 heavy (non-hydrogen) atoms. The van der Waals surface area contributed by atoms with E-state index in [-0.39, 0.29) is 36.0 Å². The molecule has 2 heterocycles. The average Bonchev–Trinajstić information content (AvgIpc) is 2.85. The number of hydrogen-bond donors (Lipinski definition) is 1. The van der Waals surface area contributed by atoms with Gasteiger partial charge in [-0.05, 0) is 19.9 Å². The Hall–Kier alpha value is -0.660. The van der Waals surface area contributed by atoms with Crippen molar-refractivity contribution in [3.05, 3.63) is 0 Å². The van der Waals surface area contributed by atoms with Crippen molar-refractivity contribution in [3.8, 4) is 0 Å². The largest absolute Gasteiger partial charge is 0.342 e. The Labute approximate surface area is 108 Å². The van der Waals surface area contributed by atoms with Crippen LogP contribution in [0.25, 0.3) is 0 Å². The van der Waals surface area contributed by atoms with Gasteiger partial charge < -0.3 is 10.6 Å². The summed E-state index contributed by atoms with van der Waals surface area (Å²) in [7, 11) is -1.26. The molecule has 2 fully saturated rings. The number of carbonyl (C=O) groups excluding carboxylic acids is 1. The first-order chi connectivity index (χ1) is 8.39. The highest BCUT2D eigenvalue weighted by Gasteiger charge is 2.38. The van der Waals surface area contributed by atoms with Gasteiger partial charge in [-0.15, -0.1) is 0 Å². The molecular formula is C11H21N3O3S. The molecule has 2 unspecified atom stereocenters. The van der Waals surface area contributed by atoms with Crippen LogP contribution in [-0.4, -0.2) is 74.4 Å². The number of carbonyl (C=O) groups is 1. The number of amides is 1. The third-order valence-electron chi connectivity index (χ3n) is 3.77. The van der Waals surface area contributed by atoms with Crippen molar-refractivity contribution in [1.82, 2.24) is 9.80 Å². The minimum atomic E-state index is -3.04. The second-order valence-corrected chi connectivity index (χ2v) is 7.46. The van der Waals surface area contributed by atoms with Crippen molar-refractivity contribution in [1.29, 1.82) is 0 Å². The molecule has 0 bridgehead atoms.